The molecule has 3 nitrogen and oxygen atoms in total. The van der Waals surface area contributed by atoms with Crippen LogP contribution in [0.5, 0.6) is 11.5 Å². The molecule has 0 spiro atoms. The highest BCUT2D eigenvalue weighted by Crippen LogP contribution is 2.14. The van der Waals surface area contributed by atoms with Crippen molar-refractivity contribution in [3.8, 4) is 11.5 Å². The van der Waals surface area contributed by atoms with Crippen molar-refractivity contribution in [1.29, 1.82) is 0 Å². The van der Waals surface area contributed by atoms with Gasteiger partial charge >= 0.3 is 0 Å². The molecule has 1 atom stereocenters. The highest BCUT2D eigenvalue weighted by atomic mass is 16.5. The summed E-state index contributed by atoms with van der Waals surface area (Å²) in [4.78, 5) is 0. The predicted molar refractivity (Wildman–Crippen MR) is 69.8 cm³/mol. The molecule has 2 aromatic carbocycles. The Labute approximate surface area is 106 Å². The Balaban J connectivity index is 1.84. The minimum atomic E-state index is -0.591. The zero-order valence-corrected chi connectivity index (χ0v) is 9.99. The van der Waals surface area contributed by atoms with Gasteiger partial charge in [-0.05, 0) is 29.8 Å². The lowest BCUT2D eigenvalue weighted by Crippen LogP contribution is -2.20. The molecule has 2 N–H and O–H groups in total. The van der Waals surface area contributed by atoms with Gasteiger partial charge in [-0.3, -0.25) is 0 Å². The lowest BCUT2D eigenvalue weighted by Gasteiger charge is -2.12. The van der Waals surface area contributed by atoms with E-state index in [1.807, 2.05) is 36.4 Å². The standard InChI is InChI=1S/C15H16O3/c16-13-6-4-5-12(9-13)10-14(17)11-18-15-7-2-1-3-8-15/h1-9,14,16-17H,10-11H2. The summed E-state index contributed by atoms with van der Waals surface area (Å²) in [7, 11) is 0. The number of aliphatic hydroxyl groups excluding tert-OH is 1. The summed E-state index contributed by atoms with van der Waals surface area (Å²) in [6, 6.07) is 16.3. The van der Waals surface area contributed by atoms with Crippen LogP contribution in [0.25, 0.3) is 0 Å². The fraction of sp³-hybridized carbons (Fsp3) is 0.200. The van der Waals surface area contributed by atoms with E-state index in [4.69, 9.17) is 4.74 Å². The Hall–Kier alpha value is -2.00. The fourth-order valence-corrected chi connectivity index (χ4v) is 1.72. The second-order valence-electron chi connectivity index (χ2n) is 4.15. The van der Waals surface area contributed by atoms with Gasteiger partial charge in [0.15, 0.2) is 0 Å². The molecule has 0 saturated heterocycles. The largest absolute Gasteiger partial charge is 0.508 e. The zero-order chi connectivity index (χ0) is 12.8. The van der Waals surface area contributed by atoms with E-state index in [0.717, 1.165) is 11.3 Å². The van der Waals surface area contributed by atoms with Gasteiger partial charge in [-0.25, -0.2) is 0 Å². The SMILES string of the molecule is Oc1cccc(CC(O)COc2ccccc2)c1. The van der Waals surface area contributed by atoms with Crippen LogP contribution in [0.4, 0.5) is 0 Å². The molecule has 0 bridgehead atoms. The normalized spacial score (nSPS) is 12.1. The van der Waals surface area contributed by atoms with E-state index in [-0.39, 0.29) is 12.4 Å². The number of para-hydroxylation sites is 1. The van der Waals surface area contributed by atoms with Gasteiger partial charge in [-0.2, -0.15) is 0 Å². The summed E-state index contributed by atoms with van der Waals surface area (Å²) in [5.41, 5.74) is 0.888. The third kappa shape index (κ3) is 3.79. The second kappa shape index (κ2) is 6.07. The molecule has 0 amide bonds. The van der Waals surface area contributed by atoms with Gasteiger partial charge < -0.3 is 14.9 Å². The molecule has 3 heteroatoms. The van der Waals surface area contributed by atoms with Crippen LogP contribution in [-0.4, -0.2) is 22.9 Å². The van der Waals surface area contributed by atoms with Crippen LogP contribution in [0.15, 0.2) is 54.6 Å². The summed E-state index contributed by atoms with van der Waals surface area (Å²) in [5, 5.41) is 19.2. The third-order valence-electron chi connectivity index (χ3n) is 2.57. The van der Waals surface area contributed by atoms with Crippen LogP contribution in [0.2, 0.25) is 0 Å². The van der Waals surface area contributed by atoms with Crippen LogP contribution < -0.4 is 4.74 Å². The summed E-state index contributed by atoms with van der Waals surface area (Å²) in [5.74, 6) is 0.955. The van der Waals surface area contributed by atoms with Crippen molar-refractivity contribution in [3.05, 3.63) is 60.2 Å². The van der Waals surface area contributed by atoms with Gasteiger partial charge in [0.2, 0.25) is 0 Å². The van der Waals surface area contributed by atoms with Crippen molar-refractivity contribution in [3.63, 3.8) is 0 Å². The number of ether oxygens (including phenoxy) is 1. The average Bonchev–Trinajstić information content (AvgIpc) is 2.38. The molecular weight excluding hydrogens is 228 g/mol. The molecule has 0 radical (unpaired) electrons. The van der Waals surface area contributed by atoms with E-state index in [1.54, 1.807) is 18.2 Å². The predicted octanol–water partition coefficient (Wildman–Crippen LogP) is 2.37. The first kappa shape index (κ1) is 12.5. The molecule has 0 fully saturated rings. The first-order chi connectivity index (χ1) is 8.74. The van der Waals surface area contributed by atoms with Gasteiger partial charge in [0.05, 0.1) is 6.10 Å². The Morgan fingerprint density at radius 2 is 1.78 bits per heavy atom. The molecule has 94 valence electrons. The number of hydrogen-bond acceptors (Lipinski definition) is 3. The Bertz CT molecular complexity index is 482. The van der Waals surface area contributed by atoms with Crippen molar-refractivity contribution in [1.82, 2.24) is 0 Å². The molecule has 18 heavy (non-hydrogen) atoms. The Morgan fingerprint density at radius 1 is 1.00 bits per heavy atom. The first-order valence-electron chi connectivity index (χ1n) is 5.88. The van der Waals surface area contributed by atoms with Gasteiger partial charge in [0, 0.05) is 6.42 Å². The molecule has 0 aliphatic heterocycles. The third-order valence-corrected chi connectivity index (χ3v) is 2.57. The van der Waals surface area contributed by atoms with Crippen molar-refractivity contribution in [2.24, 2.45) is 0 Å². The van der Waals surface area contributed by atoms with Gasteiger partial charge in [0.1, 0.15) is 18.1 Å². The molecule has 2 rings (SSSR count). The van der Waals surface area contributed by atoms with Crippen LogP contribution in [0.3, 0.4) is 0 Å². The molecule has 0 aromatic heterocycles. The fourth-order valence-electron chi connectivity index (χ4n) is 1.72. The van der Waals surface area contributed by atoms with E-state index < -0.39 is 6.10 Å². The quantitative estimate of drug-likeness (QED) is 0.849. The molecule has 0 heterocycles. The van der Waals surface area contributed by atoms with E-state index in [0.29, 0.717) is 6.42 Å². The molecule has 0 saturated carbocycles. The Kier molecular flexibility index (Phi) is 4.20. The van der Waals surface area contributed by atoms with Crippen LogP contribution >= 0.6 is 0 Å². The van der Waals surface area contributed by atoms with Crippen LogP contribution in [0.1, 0.15) is 5.56 Å². The molecule has 2 aromatic rings. The molecule has 0 aliphatic carbocycles. The molecular formula is C15H16O3. The number of phenolic OH excluding ortho intramolecular Hbond substituents is 1. The molecule has 1 unspecified atom stereocenters. The number of aliphatic hydroxyl groups is 1. The van der Waals surface area contributed by atoms with E-state index in [9.17, 15) is 10.2 Å². The lowest BCUT2D eigenvalue weighted by atomic mass is 10.1. The van der Waals surface area contributed by atoms with Crippen molar-refractivity contribution in [2.75, 3.05) is 6.61 Å². The number of phenols is 1. The maximum absolute atomic E-state index is 9.85. The molecule has 0 aliphatic rings. The zero-order valence-electron chi connectivity index (χ0n) is 9.99. The van der Waals surface area contributed by atoms with Gasteiger partial charge in [-0.1, -0.05) is 30.3 Å². The Morgan fingerprint density at radius 3 is 2.50 bits per heavy atom. The maximum atomic E-state index is 9.85. The number of aromatic hydroxyl groups is 1. The van der Waals surface area contributed by atoms with E-state index in [1.165, 1.54) is 0 Å². The first-order valence-corrected chi connectivity index (χ1v) is 5.88. The van der Waals surface area contributed by atoms with Crippen LogP contribution in [0, 0.1) is 0 Å². The van der Waals surface area contributed by atoms with Gasteiger partial charge in [0.25, 0.3) is 0 Å². The highest BCUT2D eigenvalue weighted by molar-refractivity contribution is 5.27. The van der Waals surface area contributed by atoms with E-state index in [2.05, 4.69) is 0 Å². The summed E-state index contributed by atoms with van der Waals surface area (Å²) >= 11 is 0. The van der Waals surface area contributed by atoms with Crippen LogP contribution in [-0.2, 0) is 6.42 Å². The van der Waals surface area contributed by atoms with Gasteiger partial charge in [-0.15, -0.1) is 0 Å². The maximum Gasteiger partial charge on any atom is 0.119 e. The second-order valence-corrected chi connectivity index (χ2v) is 4.15. The van der Waals surface area contributed by atoms with Crippen molar-refractivity contribution < 1.29 is 14.9 Å². The minimum absolute atomic E-state index is 0.212. The topological polar surface area (TPSA) is 49.7 Å². The lowest BCUT2D eigenvalue weighted by molar-refractivity contribution is 0.107. The highest BCUT2D eigenvalue weighted by Gasteiger charge is 2.07. The number of hydrogen-bond donors (Lipinski definition) is 2. The number of benzene rings is 2. The summed E-state index contributed by atoms with van der Waals surface area (Å²) in [6.07, 6.45) is -0.131. The number of rotatable bonds is 5. The summed E-state index contributed by atoms with van der Waals surface area (Å²) < 4.78 is 5.46. The average molecular weight is 244 g/mol. The van der Waals surface area contributed by atoms with E-state index >= 15 is 0 Å². The summed E-state index contributed by atoms with van der Waals surface area (Å²) in [6.45, 7) is 0.236. The smallest absolute Gasteiger partial charge is 0.119 e. The van der Waals surface area contributed by atoms with Crippen molar-refractivity contribution >= 4 is 0 Å². The van der Waals surface area contributed by atoms with Crippen molar-refractivity contribution in [2.45, 2.75) is 12.5 Å². The monoisotopic (exact) mass is 244 g/mol. The minimum Gasteiger partial charge on any atom is -0.508 e.